The first kappa shape index (κ1) is 15.3. The highest BCUT2D eigenvalue weighted by Gasteiger charge is 2.08. The van der Waals surface area contributed by atoms with Gasteiger partial charge < -0.3 is 4.74 Å². The second-order valence-corrected chi connectivity index (χ2v) is 4.57. The lowest BCUT2D eigenvalue weighted by Crippen LogP contribution is -2.20. The fraction of sp³-hybridized carbons (Fsp3) is 0.429. The zero-order valence-corrected chi connectivity index (χ0v) is 11.5. The number of aliphatic imine (C=N–C) groups is 1. The largest absolute Gasteiger partial charge is 0.465 e. The summed E-state index contributed by atoms with van der Waals surface area (Å²) in [6, 6.07) is 5.86. The van der Waals surface area contributed by atoms with Gasteiger partial charge in [0, 0.05) is 13.0 Å². The van der Waals surface area contributed by atoms with Gasteiger partial charge in [-0.05, 0) is 23.9 Å². The normalized spacial score (nSPS) is 10.5. The molecule has 1 aromatic rings. The molecule has 0 heterocycles. The summed E-state index contributed by atoms with van der Waals surface area (Å²) in [5, 5.41) is 0. The van der Waals surface area contributed by atoms with Crippen LogP contribution in [0.15, 0.2) is 23.2 Å². The van der Waals surface area contributed by atoms with E-state index in [-0.39, 0.29) is 11.9 Å². The Balaban J connectivity index is 2.60. The van der Waals surface area contributed by atoms with Crippen molar-refractivity contribution in [1.82, 2.24) is 5.43 Å². The Morgan fingerprint density at radius 3 is 2.84 bits per heavy atom. The maximum Gasteiger partial charge on any atom is 0.308 e. The SMILES string of the molecule is C=Nc1cc(CCOC(=O)C(C)C)ccc1CNN. The molecule has 0 radical (unpaired) electrons. The molecule has 0 unspecified atom stereocenters. The quantitative estimate of drug-likeness (QED) is 0.340. The number of carbonyl (C=O) groups is 1. The van der Waals surface area contributed by atoms with Crippen molar-refractivity contribution in [3.63, 3.8) is 0 Å². The number of rotatable bonds is 7. The zero-order valence-electron chi connectivity index (χ0n) is 11.5. The van der Waals surface area contributed by atoms with Crippen LogP contribution in [-0.2, 0) is 22.5 Å². The molecule has 0 aliphatic heterocycles. The second kappa shape index (κ2) is 7.66. The van der Waals surface area contributed by atoms with E-state index in [9.17, 15) is 4.79 Å². The van der Waals surface area contributed by atoms with Crippen LogP contribution >= 0.6 is 0 Å². The summed E-state index contributed by atoms with van der Waals surface area (Å²) in [6.45, 7) is 8.09. The number of nitrogens with zero attached hydrogens (tertiary/aromatic N) is 1. The Labute approximate surface area is 113 Å². The number of esters is 1. The fourth-order valence-electron chi connectivity index (χ4n) is 1.61. The molecule has 0 atom stereocenters. The molecule has 5 nitrogen and oxygen atoms in total. The molecule has 19 heavy (non-hydrogen) atoms. The van der Waals surface area contributed by atoms with E-state index >= 15 is 0 Å². The lowest BCUT2D eigenvalue weighted by atomic mass is 10.1. The smallest absolute Gasteiger partial charge is 0.308 e. The first-order valence-corrected chi connectivity index (χ1v) is 6.27. The van der Waals surface area contributed by atoms with Crippen LogP contribution in [0, 0.1) is 5.92 Å². The summed E-state index contributed by atoms with van der Waals surface area (Å²) in [5.41, 5.74) is 5.43. The van der Waals surface area contributed by atoms with Gasteiger partial charge >= 0.3 is 5.97 Å². The lowest BCUT2D eigenvalue weighted by Gasteiger charge is -2.09. The Kier molecular flexibility index (Phi) is 6.18. The molecule has 0 saturated carbocycles. The van der Waals surface area contributed by atoms with Gasteiger partial charge in [0.2, 0.25) is 0 Å². The Morgan fingerprint density at radius 2 is 2.26 bits per heavy atom. The third kappa shape index (κ3) is 4.81. The fourth-order valence-corrected chi connectivity index (χ4v) is 1.61. The number of hydrazine groups is 1. The van der Waals surface area contributed by atoms with Crippen LogP contribution in [0.25, 0.3) is 0 Å². The molecule has 0 fully saturated rings. The molecule has 0 saturated heterocycles. The molecule has 1 rings (SSSR count). The van der Waals surface area contributed by atoms with Gasteiger partial charge in [0.1, 0.15) is 0 Å². The first-order chi connectivity index (χ1) is 9.08. The molecule has 0 aliphatic carbocycles. The number of nitrogens with one attached hydrogen (secondary N) is 1. The Bertz CT molecular complexity index is 444. The van der Waals surface area contributed by atoms with E-state index in [1.54, 1.807) is 0 Å². The first-order valence-electron chi connectivity index (χ1n) is 6.27. The summed E-state index contributed by atoms with van der Waals surface area (Å²) < 4.78 is 5.14. The van der Waals surface area contributed by atoms with Gasteiger partial charge in [0.15, 0.2) is 0 Å². The van der Waals surface area contributed by atoms with Crippen molar-refractivity contribution >= 4 is 18.4 Å². The predicted octanol–water partition coefficient (Wildman–Crippen LogP) is 1.72. The molecule has 3 N–H and O–H groups in total. The van der Waals surface area contributed by atoms with Gasteiger partial charge in [-0.2, -0.15) is 0 Å². The van der Waals surface area contributed by atoms with E-state index in [4.69, 9.17) is 10.6 Å². The number of benzene rings is 1. The second-order valence-electron chi connectivity index (χ2n) is 4.57. The van der Waals surface area contributed by atoms with Crippen molar-refractivity contribution in [3.05, 3.63) is 29.3 Å². The van der Waals surface area contributed by atoms with E-state index in [1.165, 1.54) is 0 Å². The molecule has 0 amide bonds. The minimum Gasteiger partial charge on any atom is -0.465 e. The van der Waals surface area contributed by atoms with Crippen molar-refractivity contribution in [2.24, 2.45) is 16.8 Å². The summed E-state index contributed by atoms with van der Waals surface area (Å²) in [7, 11) is 0. The third-order valence-electron chi connectivity index (χ3n) is 2.72. The summed E-state index contributed by atoms with van der Waals surface area (Å²) in [4.78, 5) is 15.3. The van der Waals surface area contributed by atoms with Crippen LogP contribution in [-0.4, -0.2) is 19.3 Å². The van der Waals surface area contributed by atoms with Gasteiger partial charge in [-0.25, -0.2) is 0 Å². The standard InChI is InChI=1S/C14H21N3O2/c1-10(2)14(18)19-7-6-11-4-5-12(9-17-15)13(8-11)16-3/h4-5,8,10,17H,3,6-7,9,15H2,1-2H3. The highest BCUT2D eigenvalue weighted by atomic mass is 16.5. The van der Waals surface area contributed by atoms with E-state index in [0.717, 1.165) is 16.8 Å². The van der Waals surface area contributed by atoms with Crippen LogP contribution in [0.4, 0.5) is 5.69 Å². The van der Waals surface area contributed by atoms with Crippen molar-refractivity contribution < 1.29 is 9.53 Å². The number of hydrogen-bond acceptors (Lipinski definition) is 5. The average molecular weight is 263 g/mol. The van der Waals surface area contributed by atoms with Gasteiger partial charge in [0.25, 0.3) is 0 Å². The van der Waals surface area contributed by atoms with Gasteiger partial charge in [0.05, 0.1) is 18.2 Å². The van der Waals surface area contributed by atoms with Crippen LogP contribution in [0.2, 0.25) is 0 Å². The molecule has 0 aromatic heterocycles. The highest BCUT2D eigenvalue weighted by Crippen LogP contribution is 2.20. The van der Waals surface area contributed by atoms with E-state index < -0.39 is 0 Å². The number of ether oxygens (including phenoxy) is 1. The maximum atomic E-state index is 11.3. The number of carbonyl (C=O) groups excluding carboxylic acids is 1. The molecule has 0 aliphatic rings. The number of nitrogens with two attached hydrogens (primary N) is 1. The summed E-state index contributed by atoms with van der Waals surface area (Å²) >= 11 is 0. The highest BCUT2D eigenvalue weighted by molar-refractivity contribution is 5.71. The van der Waals surface area contributed by atoms with Crippen LogP contribution < -0.4 is 11.3 Å². The minimum absolute atomic E-state index is 0.0941. The lowest BCUT2D eigenvalue weighted by molar-refractivity contribution is -0.147. The Hall–Kier alpha value is -1.72. The van der Waals surface area contributed by atoms with Crippen molar-refractivity contribution in [2.45, 2.75) is 26.8 Å². The van der Waals surface area contributed by atoms with Crippen LogP contribution in [0.5, 0.6) is 0 Å². The third-order valence-corrected chi connectivity index (χ3v) is 2.72. The molecule has 0 bridgehead atoms. The summed E-state index contributed by atoms with van der Waals surface area (Å²) in [5.74, 6) is 5.03. The number of hydrogen-bond donors (Lipinski definition) is 2. The molecule has 104 valence electrons. The van der Waals surface area contributed by atoms with Gasteiger partial charge in [-0.15, -0.1) is 0 Å². The maximum absolute atomic E-state index is 11.3. The van der Waals surface area contributed by atoms with Gasteiger partial charge in [-0.3, -0.25) is 21.1 Å². The predicted molar refractivity (Wildman–Crippen MR) is 76.2 cm³/mol. The molecular weight excluding hydrogens is 242 g/mol. The van der Waals surface area contributed by atoms with Gasteiger partial charge in [-0.1, -0.05) is 26.0 Å². The minimum atomic E-state index is -0.175. The average Bonchev–Trinajstić information content (AvgIpc) is 2.40. The molecular formula is C14H21N3O2. The van der Waals surface area contributed by atoms with Crippen molar-refractivity contribution in [2.75, 3.05) is 6.61 Å². The monoisotopic (exact) mass is 263 g/mol. The Morgan fingerprint density at radius 1 is 1.53 bits per heavy atom. The van der Waals surface area contributed by atoms with Crippen molar-refractivity contribution in [3.8, 4) is 0 Å². The summed E-state index contributed by atoms with van der Waals surface area (Å²) in [6.07, 6.45) is 0.664. The van der Waals surface area contributed by atoms with Crippen molar-refractivity contribution in [1.29, 1.82) is 0 Å². The zero-order chi connectivity index (χ0) is 14.3. The van der Waals surface area contributed by atoms with E-state index in [1.807, 2.05) is 32.0 Å². The van der Waals surface area contributed by atoms with E-state index in [2.05, 4.69) is 17.1 Å². The van der Waals surface area contributed by atoms with Crippen LogP contribution in [0.3, 0.4) is 0 Å². The van der Waals surface area contributed by atoms with Crippen LogP contribution in [0.1, 0.15) is 25.0 Å². The van der Waals surface area contributed by atoms with E-state index in [0.29, 0.717) is 19.6 Å². The molecule has 0 spiro atoms. The topological polar surface area (TPSA) is 76.7 Å². The molecule has 5 heteroatoms. The molecule has 1 aromatic carbocycles.